The first-order valence-corrected chi connectivity index (χ1v) is 10.8. The highest BCUT2D eigenvalue weighted by Gasteiger charge is 2.51. The Morgan fingerprint density at radius 3 is 2.65 bits per heavy atom. The first kappa shape index (κ1) is 16.3. The summed E-state index contributed by atoms with van der Waals surface area (Å²) >= 11 is 0. The van der Waals surface area contributed by atoms with Crippen molar-refractivity contribution in [2.24, 2.45) is 11.3 Å². The van der Waals surface area contributed by atoms with E-state index in [1.54, 1.807) is 4.31 Å². The van der Waals surface area contributed by atoms with E-state index in [4.69, 9.17) is 9.47 Å². The van der Waals surface area contributed by atoms with Gasteiger partial charge in [-0.3, -0.25) is 0 Å². The molecule has 0 radical (unpaired) electrons. The van der Waals surface area contributed by atoms with Gasteiger partial charge in [-0.1, -0.05) is 6.42 Å². The maximum Gasteiger partial charge on any atom is 0.217 e. The topological polar surface area (TPSA) is 55.8 Å². The first-order valence-electron chi connectivity index (χ1n) is 9.28. The molecule has 4 rings (SSSR count). The van der Waals surface area contributed by atoms with Crippen molar-refractivity contribution in [3.8, 4) is 0 Å². The number of rotatable bonds is 6. The van der Waals surface area contributed by atoms with Crippen LogP contribution in [0.2, 0.25) is 0 Å². The maximum absolute atomic E-state index is 12.6. The number of ether oxygens (including phenoxy) is 2. The third kappa shape index (κ3) is 3.20. The van der Waals surface area contributed by atoms with Crippen molar-refractivity contribution in [1.29, 1.82) is 0 Å². The molecule has 0 aromatic heterocycles. The van der Waals surface area contributed by atoms with Gasteiger partial charge in [0.1, 0.15) is 0 Å². The molecule has 0 amide bonds. The van der Waals surface area contributed by atoms with Crippen molar-refractivity contribution in [2.75, 3.05) is 32.9 Å². The lowest BCUT2D eigenvalue weighted by Gasteiger charge is -2.50. The van der Waals surface area contributed by atoms with Crippen LogP contribution in [0.5, 0.6) is 0 Å². The molecule has 2 atom stereocenters. The van der Waals surface area contributed by atoms with Crippen molar-refractivity contribution in [3.05, 3.63) is 0 Å². The molecule has 4 aliphatic rings. The molecule has 2 aliphatic carbocycles. The summed E-state index contributed by atoms with van der Waals surface area (Å²) in [6.07, 6.45) is 8.61. The van der Waals surface area contributed by atoms with E-state index in [-0.39, 0.29) is 16.8 Å². The van der Waals surface area contributed by atoms with E-state index in [0.717, 1.165) is 51.2 Å². The Hall–Kier alpha value is -0.170. The predicted molar refractivity (Wildman–Crippen MR) is 87.7 cm³/mol. The van der Waals surface area contributed by atoms with E-state index in [9.17, 15) is 8.42 Å². The minimum absolute atomic E-state index is 0.114. The smallest absolute Gasteiger partial charge is 0.217 e. The highest BCUT2D eigenvalue weighted by molar-refractivity contribution is 7.90. The Morgan fingerprint density at radius 1 is 1.13 bits per heavy atom. The monoisotopic (exact) mass is 343 g/mol. The molecule has 2 saturated carbocycles. The van der Waals surface area contributed by atoms with Gasteiger partial charge in [0.05, 0.1) is 18.0 Å². The molecule has 2 unspecified atom stereocenters. The molecule has 132 valence electrons. The second-order valence-corrected chi connectivity index (χ2v) is 10.2. The van der Waals surface area contributed by atoms with Gasteiger partial charge in [0.15, 0.2) is 0 Å². The van der Waals surface area contributed by atoms with Gasteiger partial charge >= 0.3 is 0 Å². The molecule has 0 bridgehead atoms. The zero-order valence-electron chi connectivity index (χ0n) is 13.9. The van der Waals surface area contributed by atoms with Gasteiger partial charge in [0.25, 0.3) is 0 Å². The van der Waals surface area contributed by atoms with E-state index in [1.807, 2.05) is 0 Å². The first-order chi connectivity index (χ1) is 11.1. The second-order valence-electron chi connectivity index (χ2n) is 8.00. The van der Waals surface area contributed by atoms with Gasteiger partial charge in [-0.15, -0.1) is 0 Å². The van der Waals surface area contributed by atoms with Crippen LogP contribution < -0.4 is 0 Å². The normalized spacial score (nSPS) is 36.4. The number of fused-ring (bicyclic) bond motifs is 1. The van der Waals surface area contributed by atoms with E-state index < -0.39 is 10.0 Å². The Bertz CT molecular complexity index is 529. The van der Waals surface area contributed by atoms with E-state index >= 15 is 0 Å². The fourth-order valence-electron chi connectivity index (χ4n) is 4.34. The van der Waals surface area contributed by atoms with Crippen molar-refractivity contribution in [2.45, 2.75) is 62.7 Å². The third-order valence-electron chi connectivity index (χ3n) is 6.23. The van der Waals surface area contributed by atoms with Crippen LogP contribution in [0, 0.1) is 11.3 Å². The molecule has 23 heavy (non-hydrogen) atoms. The number of piperidine rings is 1. The highest BCUT2D eigenvalue weighted by Crippen LogP contribution is 2.43. The van der Waals surface area contributed by atoms with Crippen molar-refractivity contribution in [1.82, 2.24) is 4.31 Å². The number of hydrogen-bond acceptors (Lipinski definition) is 4. The Balaban J connectivity index is 1.44. The van der Waals surface area contributed by atoms with E-state index in [1.165, 1.54) is 19.3 Å². The quantitative estimate of drug-likeness (QED) is 0.742. The summed E-state index contributed by atoms with van der Waals surface area (Å²) in [4.78, 5) is 0. The molecule has 6 heteroatoms. The lowest BCUT2D eigenvalue weighted by atomic mass is 9.73. The zero-order chi connectivity index (χ0) is 15.9. The van der Waals surface area contributed by atoms with E-state index in [0.29, 0.717) is 19.7 Å². The molecule has 0 N–H and O–H groups in total. The average molecular weight is 343 g/mol. The summed E-state index contributed by atoms with van der Waals surface area (Å²) in [5.74, 6) is 0.726. The average Bonchev–Trinajstić information content (AvgIpc) is 3.34. The third-order valence-corrected chi connectivity index (χ3v) is 8.57. The summed E-state index contributed by atoms with van der Waals surface area (Å²) in [6, 6.07) is 0. The number of hydrogen-bond donors (Lipinski definition) is 0. The molecule has 5 nitrogen and oxygen atoms in total. The summed E-state index contributed by atoms with van der Waals surface area (Å²) in [5, 5.41) is -0.114. The van der Waals surface area contributed by atoms with Crippen LogP contribution in [0.25, 0.3) is 0 Å². The lowest BCUT2D eigenvalue weighted by molar-refractivity contribution is -0.146. The minimum Gasteiger partial charge on any atom is -0.380 e. The molecular formula is C17H29NO4S. The number of nitrogens with zero attached hydrogens (tertiary/aromatic N) is 1. The summed E-state index contributed by atoms with van der Waals surface area (Å²) < 4.78 is 39.1. The SMILES string of the molecule is O=S(=O)(C1CC1)N1CCC2OCCCC2(COCC2CCC2)C1. The van der Waals surface area contributed by atoms with Crippen LogP contribution >= 0.6 is 0 Å². The zero-order valence-corrected chi connectivity index (χ0v) is 14.7. The lowest BCUT2D eigenvalue weighted by Crippen LogP contribution is -2.58. The van der Waals surface area contributed by atoms with Crippen LogP contribution in [0.3, 0.4) is 0 Å². The van der Waals surface area contributed by atoms with Crippen molar-refractivity contribution >= 4 is 10.0 Å². The molecule has 2 heterocycles. The van der Waals surface area contributed by atoms with Gasteiger partial charge in [-0.25, -0.2) is 12.7 Å². The molecule has 2 saturated heterocycles. The van der Waals surface area contributed by atoms with Crippen LogP contribution in [-0.4, -0.2) is 57.0 Å². The summed E-state index contributed by atoms with van der Waals surface area (Å²) in [6.45, 7) is 3.52. The Morgan fingerprint density at radius 2 is 1.96 bits per heavy atom. The van der Waals surface area contributed by atoms with Gasteiger partial charge < -0.3 is 9.47 Å². The van der Waals surface area contributed by atoms with Gasteiger partial charge in [-0.2, -0.15) is 0 Å². The minimum atomic E-state index is -3.09. The molecule has 0 spiro atoms. The van der Waals surface area contributed by atoms with Gasteiger partial charge in [-0.05, 0) is 50.9 Å². The Labute approximate surface area is 139 Å². The fraction of sp³-hybridized carbons (Fsp3) is 1.00. The standard InChI is InChI=1S/C17H29NO4S/c19-23(20,15-5-6-15)18-9-7-16-17(12-18,8-2-10-22-16)13-21-11-14-3-1-4-14/h14-16H,1-13H2. The molecule has 0 aromatic rings. The van der Waals surface area contributed by atoms with Crippen LogP contribution in [0.4, 0.5) is 0 Å². The van der Waals surface area contributed by atoms with Gasteiger partial charge in [0, 0.05) is 31.7 Å². The maximum atomic E-state index is 12.6. The summed E-state index contributed by atoms with van der Waals surface area (Å²) in [5.41, 5.74) is -0.123. The highest BCUT2D eigenvalue weighted by atomic mass is 32.2. The van der Waals surface area contributed by atoms with Crippen LogP contribution in [0.15, 0.2) is 0 Å². The van der Waals surface area contributed by atoms with Crippen molar-refractivity contribution < 1.29 is 17.9 Å². The van der Waals surface area contributed by atoms with Crippen LogP contribution in [0.1, 0.15) is 51.4 Å². The summed E-state index contributed by atoms with van der Waals surface area (Å²) in [7, 11) is -3.09. The molecule has 0 aromatic carbocycles. The Kier molecular flexibility index (Phi) is 4.45. The second kappa shape index (κ2) is 6.28. The van der Waals surface area contributed by atoms with Crippen LogP contribution in [-0.2, 0) is 19.5 Å². The van der Waals surface area contributed by atoms with Crippen molar-refractivity contribution in [3.63, 3.8) is 0 Å². The van der Waals surface area contributed by atoms with E-state index in [2.05, 4.69) is 0 Å². The molecular weight excluding hydrogens is 314 g/mol. The number of sulfonamides is 1. The molecule has 2 aliphatic heterocycles. The largest absolute Gasteiger partial charge is 0.380 e. The fourth-order valence-corrected chi connectivity index (χ4v) is 6.29. The predicted octanol–water partition coefficient (Wildman–Crippen LogP) is 2.17. The molecule has 4 fully saturated rings. The van der Waals surface area contributed by atoms with Gasteiger partial charge in [0.2, 0.25) is 10.0 Å².